The van der Waals surface area contributed by atoms with Crippen molar-refractivity contribution in [2.75, 3.05) is 0 Å². The van der Waals surface area contributed by atoms with E-state index in [0.29, 0.717) is 5.69 Å². The molecule has 1 heterocycles. The number of rotatable bonds is 2. The van der Waals surface area contributed by atoms with Gasteiger partial charge in [0.2, 0.25) is 0 Å². The normalized spacial score (nSPS) is 11.5. The summed E-state index contributed by atoms with van der Waals surface area (Å²) in [6.07, 6.45) is 0. The zero-order valence-corrected chi connectivity index (χ0v) is 10.7. The van der Waals surface area contributed by atoms with Crippen LogP contribution in [0.4, 0.5) is 0 Å². The van der Waals surface area contributed by atoms with E-state index < -0.39 is 5.97 Å². The lowest BCUT2D eigenvalue weighted by Crippen LogP contribution is -2.12. The van der Waals surface area contributed by atoms with Crippen LogP contribution in [0.2, 0.25) is 0 Å². The van der Waals surface area contributed by atoms with E-state index in [9.17, 15) is 4.79 Å². The highest BCUT2D eigenvalue weighted by atomic mass is 16.4. The van der Waals surface area contributed by atoms with Crippen molar-refractivity contribution in [2.24, 2.45) is 0 Å². The Morgan fingerprint density at radius 1 is 1.28 bits per heavy atom. The van der Waals surface area contributed by atoms with Gasteiger partial charge in [0, 0.05) is 5.56 Å². The van der Waals surface area contributed by atoms with Crippen LogP contribution in [0, 0.1) is 0 Å². The Labute approximate surface area is 106 Å². The summed E-state index contributed by atoms with van der Waals surface area (Å²) in [6.45, 7) is 6.36. The van der Waals surface area contributed by atoms with Gasteiger partial charge in [0.05, 0.1) is 5.69 Å². The Kier molecular flexibility index (Phi) is 2.95. The third-order valence-electron chi connectivity index (χ3n) is 2.82. The molecule has 0 unspecified atom stereocenters. The summed E-state index contributed by atoms with van der Waals surface area (Å²) >= 11 is 0. The van der Waals surface area contributed by atoms with Crippen LogP contribution in [-0.4, -0.2) is 21.3 Å². The van der Waals surface area contributed by atoms with Crippen molar-refractivity contribution in [3.05, 3.63) is 41.6 Å². The molecule has 0 bridgehead atoms. The minimum Gasteiger partial charge on any atom is -0.477 e. The predicted octanol–water partition coefficient (Wildman–Crippen LogP) is 3.07. The molecule has 0 fully saturated rings. The zero-order chi connectivity index (χ0) is 13.3. The Morgan fingerprint density at radius 2 is 1.94 bits per heavy atom. The van der Waals surface area contributed by atoms with Gasteiger partial charge in [0.1, 0.15) is 5.69 Å². The summed E-state index contributed by atoms with van der Waals surface area (Å²) in [5.41, 5.74) is 2.87. The van der Waals surface area contributed by atoms with Gasteiger partial charge >= 0.3 is 5.97 Å². The van der Waals surface area contributed by atoms with Crippen LogP contribution in [0.15, 0.2) is 30.3 Å². The number of carboxylic acid groups (broad SMARTS) is 1. The molecule has 0 saturated heterocycles. The van der Waals surface area contributed by atoms with E-state index in [1.165, 1.54) is 0 Å². The predicted molar refractivity (Wildman–Crippen MR) is 69.7 cm³/mol. The largest absolute Gasteiger partial charge is 0.477 e. The number of H-pyrrole nitrogens is 1. The first-order chi connectivity index (χ1) is 8.39. The highest BCUT2D eigenvalue weighted by Crippen LogP contribution is 2.31. The summed E-state index contributed by atoms with van der Waals surface area (Å²) in [5, 5.41) is 15.5. The molecule has 18 heavy (non-hydrogen) atoms. The number of benzene rings is 1. The lowest BCUT2D eigenvalue weighted by molar-refractivity contribution is 0.0690. The second kappa shape index (κ2) is 4.29. The van der Waals surface area contributed by atoms with Crippen molar-refractivity contribution in [2.45, 2.75) is 26.2 Å². The molecule has 0 saturated carbocycles. The van der Waals surface area contributed by atoms with Gasteiger partial charge in [-0.1, -0.05) is 45.0 Å². The summed E-state index contributed by atoms with van der Waals surface area (Å²) in [4.78, 5) is 10.9. The molecule has 4 heteroatoms. The fourth-order valence-corrected chi connectivity index (χ4v) is 1.93. The second-order valence-electron chi connectivity index (χ2n) is 5.27. The van der Waals surface area contributed by atoms with E-state index in [2.05, 4.69) is 31.0 Å². The molecule has 0 amide bonds. The first kappa shape index (κ1) is 12.4. The quantitative estimate of drug-likeness (QED) is 0.853. The van der Waals surface area contributed by atoms with Gasteiger partial charge in [-0.05, 0) is 17.0 Å². The molecule has 1 aromatic carbocycles. The Hall–Kier alpha value is -2.10. The number of nitrogens with zero attached hydrogens (tertiary/aromatic N) is 1. The van der Waals surface area contributed by atoms with Crippen molar-refractivity contribution < 1.29 is 9.90 Å². The van der Waals surface area contributed by atoms with Gasteiger partial charge in [-0.2, -0.15) is 5.10 Å². The van der Waals surface area contributed by atoms with E-state index in [-0.39, 0.29) is 11.1 Å². The van der Waals surface area contributed by atoms with Crippen molar-refractivity contribution in [1.29, 1.82) is 0 Å². The number of aromatic amines is 1. The number of aromatic carboxylic acids is 1. The van der Waals surface area contributed by atoms with Gasteiger partial charge in [-0.3, -0.25) is 5.10 Å². The first-order valence-corrected chi connectivity index (χ1v) is 5.78. The Bertz CT molecular complexity index is 579. The highest BCUT2D eigenvalue weighted by Gasteiger charge is 2.20. The number of hydrogen-bond acceptors (Lipinski definition) is 2. The molecule has 94 valence electrons. The van der Waals surface area contributed by atoms with Gasteiger partial charge in [0.25, 0.3) is 0 Å². The topological polar surface area (TPSA) is 66.0 Å². The van der Waals surface area contributed by atoms with Crippen LogP contribution in [-0.2, 0) is 5.41 Å². The molecule has 2 rings (SSSR count). The average molecular weight is 244 g/mol. The molecule has 2 N–H and O–H groups in total. The Morgan fingerprint density at radius 3 is 2.50 bits per heavy atom. The first-order valence-electron chi connectivity index (χ1n) is 5.78. The van der Waals surface area contributed by atoms with Crippen LogP contribution in [0.5, 0.6) is 0 Å². The van der Waals surface area contributed by atoms with Crippen LogP contribution in [0.1, 0.15) is 36.8 Å². The molecular weight excluding hydrogens is 228 g/mol. The lowest BCUT2D eigenvalue weighted by Gasteiger charge is -2.21. The van der Waals surface area contributed by atoms with Crippen LogP contribution in [0.25, 0.3) is 11.3 Å². The maximum absolute atomic E-state index is 10.9. The average Bonchev–Trinajstić information content (AvgIpc) is 2.77. The van der Waals surface area contributed by atoms with Crippen molar-refractivity contribution in [1.82, 2.24) is 10.2 Å². The minimum atomic E-state index is -0.998. The second-order valence-corrected chi connectivity index (χ2v) is 5.27. The number of hydrogen-bond donors (Lipinski definition) is 2. The molecule has 0 aliphatic carbocycles. The molecule has 0 spiro atoms. The number of carboxylic acids is 1. The summed E-state index contributed by atoms with van der Waals surface area (Å²) in [6, 6.07) is 9.48. The lowest BCUT2D eigenvalue weighted by atomic mass is 9.83. The minimum absolute atomic E-state index is 0.0150. The van der Waals surface area contributed by atoms with E-state index in [4.69, 9.17) is 5.11 Å². The zero-order valence-electron chi connectivity index (χ0n) is 10.7. The van der Waals surface area contributed by atoms with Crippen LogP contribution >= 0.6 is 0 Å². The summed E-state index contributed by atoms with van der Waals surface area (Å²) in [7, 11) is 0. The van der Waals surface area contributed by atoms with Crippen molar-refractivity contribution >= 4 is 5.97 Å². The molecule has 0 aliphatic rings. The van der Waals surface area contributed by atoms with E-state index in [1.54, 1.807) is 6.07 Å². The molecule has 0 aliphatic heterocycles. The molecule has 0 atom stereocenters. The van der Waals surface area contributed by atoms with E-state index in [1.807, 2.05) is 24.3 Å². The van der Waals surface area contributed by atoms with Gasteiger partial charge in [-0.15, -0.1) is 0 Å². The van der Waals surface area contributed by atoms with Crippen molar-refractivity contribution in [3.63, 3.8) is 0 Å². The van der Waals surface area contributed by atoms with Crippen molar-refractivity contribution in [3.8, 4) is 11.3 Å². The van der Waals surface area contributed by atoms with Crippen LogP contribution in [0.3, 0.4) is 0 Å². The number of carbonyl (C=O) groups is 1. The smallest absolute Gasteiger partial charge is 0.353 e. The van der Waals surface area contributed by atoms with Crippen LogP contribution < -0.4 is 0 Å². The van der Waals surface area contributed by atoms with E-state index in [0.717, 1.165) is 11.1 Å². The standard InChI is InChI=1S/C14H16N2O2/c1-14(2,3)10-7-5-4-6-9(10)11-8-12(13(17)18)16-15-11/h4-8H,1-3H3,(H,15,16)(H,17,18). The van der Waals surface area contributed by atoms with E-state index >= 15 is 0 Å². The highest BCUT2D eigenvalue weighted by molar-refractivity contribution is 5.87. The summed E-state index contributed by atoms with van der Waals surface area (Å²) < 4.78 is 0. The SMILES string of the molecule is CC(C)(C)c1ccccc1-c1cc(C(=O)O)[nH]n1. The fourth-order valence-electron chi connectivity index (χ4n) is 1.93. The molecule has 0 radical (unpaired) electrons. The maximum atomic E-state index is 10.9. The summed E-state index contributed by atoms with van der Waals surface area (Å²) in [5.74, 6) is -0.998. The third kappa shape index (κ3) is 2.27. The van der Waals surface area contributed by atoms with Gasteiger partial charge in [-0.25, -0.2) is 4.79 Å². The Balaban J connectivity index is 2.53. The molecule has 1 aromatic heterocycles. The monoisotopic (exact) mass is 244 g/mol. The molecule has 4 nitrogen and oxygen atoms in total. The maximum Gasteiger partial charge on any atom is 0.353 e. The van der Waals surface area contributed by atoms with Gasteiger partial charge < -0.3 is 5.11 Å². The number of nitrogens with one attached hydrogen (secondary N) is 1. The number of aromatic nitrogens is 2. The molecular formula is C14H16N2O2. The van der Waals surface area contributed by atoms with Gasteiger partial charge in [0.15, 0.2) is 0 Å². The fraction of sp³-hybridized carbons (Fsp3) is 0.286. The third-order valence-corrected chi connectivity index (χ3v) is 2.82. The molecule has 2 aromatic rings.